The molecule has 0 saturated heterocycles. The van der Waals surface area contributed by atoms with Gasteiger partial charge in [-0.3, -0.25) is 9.48 Å². The maximum absolute atomic E-state index is 12.0. The highest BCUT2D eigenvalue weighted by molar-refractivity contribution is 9.10. The molecule has 4 nitrogen and oxygen atoms in total. The summed E-state index contributed by atoms with van der Waals surface area (Å²) in [5.41, 5.74) is 2.33. The Morgan fingerprint density at radius 2 is 2.28 bits per heavy atom. The van der Waals surface area contributed by atoms with Gasteiger partial charge in [-0.15, -0.1) is 0 Å². The van der Waals surface area contributed by atoms with E-state index in [1.807, 2.05) is 30.7 Å². The molecule has 0 atom stereocenters. The fourth-order valence-corrected chi connectivity index (χ4v) is 2.11. The summed E-state index contributed by atoms with van der Waals surface area (Å²) in [5.74, 6) is -0.130. The number of benzene rings is 1. The molecule has 1 aromatic carbocycles. The standard InChI is InChI=1S/C13H14BrN3O/c1-3-17-9(2)12(8-15-17)16-13(18)10-5-4-6-11(14)7-10/h4-8H,3H2,1-2H3,(H,16,18). The van der Waals surface area contributed by atoms with Crippen molar-refractivity contribution in [1.29, 1.82) is 0 Å². The fourth-order valence-electron chi connectivity index (χ4n) is 1.71. The summed E-state index contributed by atoms with van der Waals surface area (Å²) in [4.78, 5) is 12.0. The van der Waals surface area contributed by atoms with E-state index in [2.05, 4.69) is 26.3 Å². The predicted octanol–water partition coefficient (Wildman–Crippen LogP) is 3.23. The number of aryl methyl sites for hydroxylation is 1. The van der Waals surface area contributed by atoms with Crippen LogP contribution in [0, 0.1) is 6.92 Å². The highest BCUT2D eigenvalue weighted by Crippen LogP contribution is 2.16. The van der Waals surface area contributed by atoms with Crippen LogP contribution in [0.2, 0.25) is 0 Å². The van der Waals surface area contributed by atoms with E-state index in [1.165, 1.54) is 0 Å². The summed E-state index contributed by atoms with van der Waals surface area (Å²) >= 11 is 3.35. The number of nitrogens with zero attached hydrogens (tertiary/aromatic N) is 2. The van der Waals surface area contributed by atoms with Crippen molar-refractivity contribution >= 4 is 27.5 Å². The Kier molecular flexibility index (Phi) is 3.81. The zero-order chi connectivity index (χ0) is 13.1. The summed E-state index contributed by atoms with van der Waals surface area (Å²) in [6.07, 6.45) is 1.68. The quantitative estimate of drug-likeness (QED) is 0.946. The van der Waals surface area contributed by atoms with Gasteiger partial charge in [-0.2, -0.15) is 5.10 Å². The molecule has 0 spiro atoms. The topological polar surface area (TPSA) is 46.9 Å². The van der Waals surface area contributed by atoms with Gasteiger partial charge in [-0.25, -0.2) is 0 Å². The zero-order valence-corrected chi connectivity index (χ0v) is 11.9. The number of carbonyl (C=O) groups excluding carboxylic acids is 1. The second-order valence-corrected chi connectivity index (χ2v) is 4.84. The SMILES string of the molecule is CCn1ncc(NC(=O)c2cccc(Br)c2)c1C. The Bertz CT molecular complexity index is 577. The van der Waals surface area contributed by atoms with Gasteiger partial charge < -0.3 is 5.32 Å². The monoisotopic (exact) mass is 307 g/mol. The molecule has 0 saturated carbocycles. The van der Waals surface area contributed by atoms with Crippen molar-refractivity contribution in [3.05, 3.63) is 46.2 Å². The molecule has 1 aromatic heterocycles. The molecule has 2 aromatic rings. The summed E-state index contributed by atoms with van der Waals surface area (Å²) in [6.45, 7) is 4.74. The van der Waals surface area contributed by atoms with E-state index in [1.54, 1.807) is 18.3 Å². The molecule has 94 valence electrons. The highest BCUT2D eigenvalue weighted by Gasteiger charge is 2.10. The van der Waals surface area contributed by atoms with E-state index in [0.29, 0.717) is 5.56 Å². The van der Waals surface area contributed by atoms with Gasteiger partial charge in [-0.05, 0) is 32.0 Å². The second-order valence-electron chi connectivity index (χ2n) is 3.92. The lowest BCUT2D eigenvalue weighted by Crippen LogP contribution is -2.12. The number of hydrogen-bond acceptors (Lipinski definition) is 2. The van der Waals surface area contributed by atoms with Crippen molar-refractivity contribution in [3.63, 3.8) is 0 Å². The van der Waals surface area contributed by atoms with Crippen LogP contribution in [0.4, 0.5) is 5.69 Å². The van der Waals surface area contributed by atoms with Crippen LogP contribution in [0.5, 0.6) is 0 Å². The number of aromatic nitrogens is 2. The molecular formula is C13H14BrN3O. The fraction of sp³-hybridized carbons (Fsp3) is 0.231. The van der Waals surface area contributed by atoms with E-state index in [-0.39, 0.29) is 5.91 Å². The molecule has 0 aliphatic rings. The van der Waals surface area contributed by atoms with Gasteiger partial charge in [0.2, 0.25) is 0 Å². The first-order valence-corrected chi connectivity index (χ1v) is 6.50. The lowest BCUT2D eigenvalue weighted by Gasteiger charge is -2.05. The first kappa shape index (κ1) is 12.8. The van der Waals surface area contributed by atoms with E-state index < -0.39 is 0 Å². The van der Waals surface area contributed by atoms with Crippen molar-refractivity contribution in [1.82, 2.24) is 9.78 Å². The highest BCUT2D eigenvalue weighted by atomic mass is 79.9. The van der Waals surface area contributed by atoms with Gasteiger partial charge in [0.05, 0.1) is 17.6 Å². The minimum atomic E-state index is -0.130. The van der Waals surface area contributed by atoms with Crippen LogP contribution in [-0.4, -0.2) is 15.7 Å². The normalized spacial score (nSPS) is 10.4. The molecule has 18 heavy (non-hydrogen) atoms. The van der Waals surface area contributed by atoms with E-state index in [0.717, 1.165) is 22.4 Å². The summed E-state index contributed by atoms with van der Waals surface area (Å²) in [6, 6.07) is 7.28. The van der Waals surface area contributed by atoms with E-state index in [4.69, 9.17) is 0 Å². The lowest BCUT2D eigenvalue weighted by molar-refractivity contribution is 0.102. The summed E-state index contributed by atoms with van der Waals surface area (Å²) in [7, 11) is 0. The van der Waals surface area contributed by atoms with Crippen LogP contribution in [0.1, 0.15) is 23.0 Å². The molecule has 1 amide bonds. The van der Waals surface area contributed by atoms with E-state index >= 15 is 0 Å². The smallest absolute Gasteiger partial charge is 0.255 e. The zero-order valence-electron chi connectivity index (χ0n) is 10.3. The number of hydrogen-bond donors (Lipinski definition) is 1. The average molecular weight is 308 g/mol. The minimum absolute atomic E-state index is 0.130. The molecule has 0 unspecified atom stereocenters. The van der Waals surface area contributed by atoms with E-state index in [9.17, 15) is 4.79 Å². The molecule has 1 N–H and O–H groups in total. The number of halogens is 1. The van der Waals surface area contributed by atoms with Crippen LogP contribution in [0.3, 0.4) is 0 Å². The maximum Gasteiger partial charge on any atom is 0.255 e. The van der Waals surface area contributed by atoms with Crippen molar-refractivity contribution in [2.24, 2.45) is 0 Å². The molecule has 1 heterocycles. The van der Waals surface area contributed by atoms with Gasteiger partial charge in [0.1, 0.15) is 0 Å². The number of nitrogens with one attached hydrogen (secondary N) is 1. The Morgan fingerprint density at radius 1 is 1.50 bits per heavy atom. The van der Waals surface area contributed by atoms with Crippen LogP contribution in [0.25, 0.3) is 0 Å². The second kappa shape index (κ2) is 5.35. The lowest BCUT2D eigenvalue weighted by atomic mass is 10.2. The first-order valence-electron chi connectivity index (χ1n) is 5.71. The minimum Gasteiger partial charge on any atom is -0.319 e. The van der Waals surface area contributed by atoms with Crippen molar-refractivity contribution < 1.29 is 4.79 Å². The van der Waals surface area contributed by atoms with Crippen LogP contribution < -0.4 is 5.32 Å². The molecule has 2 rings (SSSR count). The van der Waals surface area contributed by atoms with Crippen molar-refractivity contribution in [2.45, 2.75) is 20.4 Å². The van der Waals surface area contributed by atoms with Gasteiger partial charge in [-0.1, -0.05) is 22.0 Å². The first-order chi connectivity index (χ1) is 8.61. The largest absolute Gasteiger partial charge is 0.319 e. The number of amides is 1. The van der Waals surface area contributed by atoms with Gasteiger partial charge in [0.15, 0.2) is 0 Å². The predicted molar refractivity (Wildman–Crippen MR) is 74.7 cm³/mol. The third-order valence-electron chi connectivity index (χ3n) is 2.74. The van der Waals surface area contributed by atoms with Crippen molar-refractivity contribution in [2.75, 3.05) is 5.32 Å². The average Bonchev–Trinajstić information content (AvgIpc) is 2.70. The van der Waals surface area contributed by atoms with Gasteiger partial charge in [0, 0.05) is 16.6 Å². The molecular weight excluding hydrogens is 294 g/mol. The van der Waals surface area contributed by atoms with Crippen LogP contribution in [-0.2, 0) is 6.54 Å². The molecule has 5 heteroatoms. The molecule has 0 bridgehead atoms. The molecule has 0 radical (unpaired) electrons. The Morgan fingerprint density at radius 3 is 2.89 bits per heavy atom. The third-order valence-corrected chi connectivity index (χ3v) is 3.23. The van der Waals surface area contributed by atoms with Gasteiger partial charge >= 0.3 is 0 Å². The Balaban J connectivity index is 2.19. The van der Waals surface area contributed by atoms with Crippen LogP contribution >= 0.6 is 15.9 Å². The molecule has 0 aliphatic heterocycles. The Labute approximate surface area is 114 Å². The van der Waals surface area contributed by atoms with Gasteiger partial charge in [0.25, 0.3) is 5.91 Å². The molecule has 0 aliphatic carbocycles. The van der Waals surface area contributed by atoms with Crippen molar-refractivity contribution in [3.8, 4) is 0 Å². The summed E-state index contributed by atoms with van der Waals surface area (Å²) in [5, 5.41) is 7.06. The third kappa shape index (κ3) is 2.61. The number of anilines is 1. The number of carbonyl (C=O) groups is 1. The number of rotatable bonds is 3. The summed E-state index contributed by atoms with van der Waals surface area (Å²) < 4.78 is 2.73. The molecule has 0 fully saturated rings. The van der Waals surface area contributed by atoms with Crippen LogP contribution in [0.15, 0.2) is 34.9 Å². The Hall–Kier alpha value is -1.62. The maximum atomic E-state index is 12.0.